The first-order valence-electron chi connectivity index (χ1n) is 6.02. The Labute approximate surface area is 102 Å². The average Bonchev–Trinajstić information content (AvgIpc) is 2.69. The smallest absolute Gasteiger partial charge is 0.151 e. The second-order valence-corrected chi connectivity index (χ2v) is 4.71. The Morgan fingerprint density at radius 1 is 1.24 bits per heavy atom. The van der Waals surface area contributed by atoms with E-state index in [1.807, 2.05) is 18.2 Å². The highest BCUT2D eigenvalue weighted by Crippen LogP contribution is 2.25. The van der Waals surface area contributed by atoms with Crippen LogP contribution in [0, 0.1) is 12.8 Å². The van der Waals surface area contributed by atoms with Crippen LogP contribution in [0.5, 0.6) is 0 Å². The number of hydrogen-bond acceptors (Lipinski definition) is 2. The summed E-state index contributed by atoms with van der Waals surface area (Å²) >= 11 is 0. The monoisotopic (exact) mass is 229 g/mol. The lowest BCUT2D eigenvalue weighted by molar-refractivity contribution is 0.686. The van der Waals surface area contributed by atoms with Crippen molar-refractivity contribution < 1.29 is 0 Å². The molecule has 1 heterocycles. The van der Waals surface area contributed by atoms with E-state index in [-0.39, 0.29) is 0 Å². The summed E-state index contributed by atoms with van der Waals surface area (Å²) < 4.78 is 0. The van der Waals surface area contributed by atoms with E-state index in [0.717, 1.165) is 18.1 Å². The first-order chi connectivity index (χ1) is 8.18. The fraction of sp³-hybridized carbons (Fsp3) is 0.357. The quantitative estimate of drug-likeness (QED) is 0.843. The summed E-state index contributed by atoms with van der Waals surface area (Å²) in [4.78, 5) is 0. The Bertz CT molecular complexity index is 471. The van der Waals surface area contributed by atoms with Crippen molar-refractivity contribution in [1.29, 1.82) is 0 Å². The van der Waals surface area contributed by atoms with Crippen molar-refractivity contribution in [1.82, 2.24) is 10.2 Å². The van der Waals surface area contributed by atoms with Gasteiger partial charge in [0.05, 0.1) is 5.69 Å². The zero-order valence-electron chi connectivity index (χ0n) is 10.6. The molecule has 0 aliphatic carbocycles. The molecule has 3 heteroatoms. The van der Waals surface area contributed by atoms with Gasteiger partial charge >= 0.3 is 0 Å². The van der Waals surface area contributed by atoms with Gasteiger partial charge in [-0.05, 0) is 18.4 Å². The summed E-state index contributed by atoms with van der Waals surface area (Å²) in [6, 6.07) is 10.3. The van der Waals surface area contributed by atoms with Crippen LogP contribution in [0.2, 0.25) is 0 Å². The fourth-order valence-corrected chi connectivity index (χ4v) is 1.76. The van der Waals surface area contributed by atoms with Crippen molar-refractivity contribution >= 4 is 5.82 Å². The van der Waals surface area contributed by atoms with E-state index >= 15 is 0 Å². The van der Waals surface area contributed by atoms with Gasteiger partial charge in [0, 0.05) is 12.1 Å². The van der Waals surface area contributed by atoms with Crippen LogP contribution in [0.1, 0.15) is 19.4 Å². The minimum absolute atomic E-state index is 0.617. The average molecular weight is 229 g/mol. The first kappa shape index (κ1) is 11.7. The van der Waals surface area contributed by atoms with E-state index in [9.17, 15) is 0 Å². The zero-order chi connectivity index (χ0) is 12.3. The van der Waals surface area contributed by atoms with Gasteiger partial charge in [0.15, 0.2) is 5.82 Å². The minimum Gasteiger partial charge on any atom is -0.368 e. The molecule has 0 radical (unpaired) electrons. The maximum absolute atomic E-state index is 4.33. The Morgan fingerprint density at radius 2 is 1.94 bits per heavy atom. The normalized spacial score (nSPS) is 10.8. The van der Waals surface area contributed by atoms with Gasteiger partial charge in [0.2, 0.25) is 0 Å². The van der Waals surface area contributed by atoms with Gasteiger partial charge in [-0.15, -0.1) is 0 Å². The van der Waals surface area contributed by atoms with Crippen LogP contribution >= 0.6 is 0 Å². The van der Waals surface area contributed by atoms with Gasteiger partial charge in [0.25, 0.3) is 0 Å². The second kappa shape index (κ2) is 5.04. The standard InChI is InChI=1S/C14H19N3/c1-10(2)9-15-14-11(3)13(16-17-14)12-7-5-4-6-8-12/h4-8,10H,9H2,1-3H3,(H2,15,16,17). The number of hydrogen-bond donors (Lipinski definition) is 2. The van der Waals surface area contributed by atoms with Crippen LogP contribution in [0.15, 0.2) is 30.3 Å². The Balaban J connectivity index is 2.21. The van der Waals surface area contributed by atoms with Crippen molar-refractivity contribution in [2.24, 2.45) is 5.92 Å². The number of nitrogens with one attached hydrogen (secondary N) is 2. The highest BCUT2D eigenvalue weighted by atomic mass is 15.2. The van der Waals surface area contributed by atoms with Crippen molar-refractivity contribution in [2.75, 3.05) is 11.9 Å². The fourth-order valence-electron chi connectivity index (χ4n) is 1.76. The molecule has 3 nitrogen and oxygen atoms in total. The number of benzene rings is 1. The molecule has 0 unspecified atom stereocenters. The maximum atomic E-state index is 4.33. The lowest BCUT2D eigenvalue weighted by Crippen LogP contribution is -2.08. The van der Waals surface area contributed by atoms with Gasteiger partial charge in [-0.25, -0.2) is 0 Å². The Kier molecular flexibility index (Phi) is 3.47. The molecule has 0 atom stereocenters. The summed E-state index contributed by atoms with van der Waals surface area (Å²) in [5.74, 6) is 1.57. The van der Waals surface area contributed by atoms with Gasteiger partial charge in [0.1, 0.15) is 0 Å². The predicted octanol–water partition coefficient (Wildman–Crippen LogP) is 3.45. The van der Waals surface area contributed by atoms with Crippen molar-refractivity contribution in [2.45, 2.75) is 20.8 Å². The Morgan fingerprint density at radius 3 is 2.59 bits per heavy atom. The number of nitrogens with zero attached hydrogens (tertiary/aromatic N) is 1. The lowest BCUT2D eigenvalue weighted by atomic mass is 10.1. The van der Waals surface area contributed by atoms with Gasteiger partial charge in [-0.1, -0.05) is 44.2 Å². The molecule has 1 aromatic heterocycles. The molecule has 0 aliphatic heterocycles. The number of rotatable bonds is 4. The highest BCUT2D eigenvalue weighted by molar-refractivity contribution is 5.68. The molecule has 2 N–H and O–H groups in total. The van der Waals surface area contributed by atoms with E-state index in [4.69, 9.17) is 0 Å². The van der Waals surface area contributed by atoms with Crippen LogP contribution in [0.4, 0.5) is 5.82 Å². The number of H-pyrrole nitrogens is 1. The summed E-state index contributed by atoms with van der Waals surface area (Å²) in [6.45, 7) is 7.41. The van der Waals surface area contributed by atoms with E-state index < -0.39 is 0 Å². The van der Waals surface area contributed by atoms with E-state index in [0.29, 0.717) is 5.92 Å². The third kappa shape index (κ3) is 2.67. The molecule has 1 aromatic carbocycles. The van der Waals surface area contributed by atoms with Crippen LogP contribution in [-0.4, -0.2) is 16.7 Å². The molecule has 0 bridgehead atoms. The molecule has 2 aromatic rings. The number of aromatic nitrogens is 2. The van der Waals surface area contributed by atoms with Crippen LogP contribution in [0.25, 0.3) is 11.3 Å². The third-order valence-corrected chi connectivity index (χ3v) is 2.75. The molecular weight excluding hydrogens is 210 g/mol. The highest BCUT2D eigenvalue weighted by Gasteiger charge is 2.10. The summed E-state index contributed by atoms with van der Waals surface area (Å²) in [5, 5.41) is 10.8. The minimum atomic E-state index is 0.617. The topological polar surface area (TPSA) is 40.7 Å². The van der Waals surface area contributed by atoms with Gasteiger partial charge in [-0.3, -0.25) is 5.10 Å². The van der Waals surface area contributed by atoms with E-state index in [2.05, 4.69) is 48.4 Å². The molecule has 0 amide bonds. The second-order valence-electron chi connectivity index (χ2n) is 4.71. The molecule has 0 spiro atoms. The third-order valence-electron chi connectivity index (χ3n) is 2.75. The van der Waals surface area contributed by atoms with Crippen molar-refractivity contribution in [3.63, 3.8) is 0 Å². The molecule has 0 saturated carbocycles. The Hall–Kier alpha value is -1.77. The van der Waals surface area contributed by atoms with Crippen LogP contribution in [-0.2, 0) is 0 Å². The van der Waals surface area contributed by atoms with Crippen LogP contribution in [0.3, 0.4) is 0 Å². The largest absolute Gasteiger partial charge is 0.368 e. The SMILES string of the molecule is Cc1c(NCC(C)C)n[nH]c1-c1ccccc1. The number of aromatic amines is 1. The summed E-state index contributed by atoms with van der Waals surface area (Å²) in [5.41, 5.74) is 3.45. The number of anilines is 1. The van der Waals surface area contributed by atoms with Crippen LogP contribution < -0.4 is 5.32 Å². The zero-order valence-corrected chi connectivity index (χ0v) is 10.6. The molecule has 0 fully saturated rings. The molecule has 0 saturated heterocycles. The molecule has 2 rings (SSSR count). The van der Waals surface area contributed by atoms with E-state index in [1.165, 1.54) is 11.1 Å². The predicted molar refractivity (Wildman–Crippen MR) is 72.1 cm³/mol. The summed E-state index contributed by atoms with van der Waals surface area (Å²) in [7, 11) is 0. The molecular formula is C14H19N3. The van der Waals surface area contributed by atoms with Crippen molar-refractivity contribution in [3.05, 3.63) is 35.9 Å². The molecule has 90 valence electrons. The van der Waals surface area contributed by atoms with Gasteiger partial charge in [-0.2, -0.15) is 5.10 Å². The van der Waals surface area contributed by atoms with Gasteiger partial charge < -0.3 is 5.32 Å². The van der Waals surface area contributed by atoms with Crippen molar-refractivity contribution in [3.8, 4) is 11.3 Å². The van der Waals surface area contributed by atoms with E-state index in [1.54, 1.807) is 0 Å². The maximum Gasteiger partial charge on any atom is 0.151 e. The first-order valence-corrected chi connectivity index (χ1v) is 6.02. The molecule has 0 aliphatic rings. The lowest BCUT2D eigenvalue weighted by Gasteiger charge is -2.06. The summed E-state index contributed by atoms with van der Waals surface area (Å²) in [6.07, 6.45) is 0. The molecule has 17 heavy (non-hydrogen) atoms.